The van der Waals surface area contributed by atoms with E-state index in [0.29, 0.717) is 25.3 Å². The highest BCUT2D eigenvalue weighted by atomic mass is 19.4. The first-order valence-electron chi connectivity index (χ1n) is 6.69. The van der Waals surface area contributed by atoms with E-state index in [1.165, 1.54) is 0 Å². The van der Waals surface area contributed by atoms with Gasteiger partial charge < -0.3 is 15.7 Å². The van der Waals surface area contributed by atoms with Gasteiger partial charge >= 0.3 is 6.18 Å². The van der Waals surface area contributed by atoms with Gasteiger partial charge in [-0.25, -0.2) is 0 Å². The number of hydrogen-bond donors (Lipinski definition) is 2. The largest absolute Gasteiger partial charge is 0.399 e. The van der Waals surface area contributed by atoms with Gasteiger partial charge in [-0.05, 0) is 43.6 Å². The smallest absolute Gasteiger partial charge is 0.391 e. The molecule has 1 heterocycles. The number of nitrogens with zero attached hydrogens (tertiary/aromatic N) is 1. The molecule has 0 aliphatic carbocycles. The van der Waals surface area contributed by atoms with E-state index in [1.54, 1.807) is 24.3 Å². The van der Waals surface area contributed by atoms with Crippen LogP contribution in [0, 0.1) is 5.92 Å². The van der Waals surface area contributed by atoms with Gasteiger partial charge in [-0.1, -0.05) is 12.1 Å². The molecule has 1 unspecified atom stereocenters. The number of aliphatic hydroxyl groups excluding tert-OH is 1. The average Bonchev–Trinajstić information content (AvgIpc) is 2.39. The molecule has 1 saturated heterocycles. The number of nitrogen functional groups attached to an aromatic ring is 1. The summed E-state index contributed by atoms with van der Waals surface area (Å²) in [6.07, 6.45) is -4.57. The summed E-state index contributed by atoms with van der Waals surface area (Å²) in [6, 6.07) is 6.88. The highest BCUT2D eigenvalue weighted by Gasteiger charge is 2.41. The maximum Gasteiger partial charge on any atom is 0.391 e. The van der Waals surface area contributed by atoms with Crippen LogP contribution >= 0.6 is 0 Å². The van der Waals surface area contributed by atoms with Gasteiger partial charge in [0.25, 0.3) is 0 Å². The number of halogens is 3. The van der Waals surface area contributed by atoms with Crippen molar-refractivity contribution in [3.05, 3.63) is 29.8 Å². The van der Waals surface area contributed by atoms with Crippen molar-refractivity contribution in [2.24, 2.45) is 5.92 Å². The summed E-state index contributed by atoms with van der Waals surface area (Å²) in [6.45, 7) is 1.10. The zero-order valence-electron chi connectivity index (χ0n) is 11.1. The van der Waals surface area contributed by atoms with Gasteiger partial charge in [0.05, 0.1) is 12.0 Å². The number of alkyl halides is 3. The number of anilines is 1. The molecule has 0 radical (unpaired) electrons. The molecule has 1 aliphatic rings. The van der Waals surface area contributed by atoms with E-state index < -0.39 is 18.2 Å². The van der Waals surface area contributed by atoms with Crippen LogP contribution in [0.3, 0.4) is 0 Å². The standard InChI is InChI=1S/C14H19F3N2O/c15-14(16,17)11-5-7-19(8-6-11)9-13(20)10-1-3-12(18)4-2-10/h1-4,11,13,20H,5-9,18H2. The Bertz CT molecular complexity index is 425. The van der Waals surface area contributed by atoms with Crippen LogP contribution in [0.25, 0.3) is 0 Å². The lowest BCUT2D eigenvalue weighted by molar-refractivity contribution is -0.185. The van der Waals surface area contributed by atoms with Crippen LogP contribution in [0.4, 0.5) is 18.9 Å². The van der Waals surface area contributed by atoms with Gasteiger partial charge in [-0.2, -0.15) is 13.2 Å². The minimum Gasteiger partial charge on any atom is -0.399 e. The topological polar surface area (TPSA) is 49.5 Å². The molecule has 1 fully saturated rings. The molecule has 0 saturated carbocycles. The molecule has 0 bridgehead atoms. The molecule has 2 rings (SSSR count). The molecule has 1 atom stereocenters. The first kappa shape index (κ1) is 15.1. The quantitative estimate of drug-likeness (QED) is 0.841. The second-order valence-corrected chi connectivity index (χ2v) is 5.30. The fourth-order valence-electron chi connectivity index (χ4n) is 2.51. The van der Waals surface area contributed by atoms with Crippen molar-refractivity contribution in [2.45, 2.75) is 25.1 Å². The summed E-state index contributed by atoms with van der Waals surface area (Å²) < 4.78 is 37.7. The molecule has 112 valence electrons. The minimum absolute atomic E-state index is 0.109. The molecule has 3 nitrogen and oxygen atoms in total. The van der Waals surface area contributed by atoms with E-state index >= 15 is 0 Å². The van der Waals surface area contributed by atoms with Crippen LogP contribution < -0.4 is 5.73 Å². The van der Waals surface area contributed by atoms with Crippen molar-refractivity contribution in [1.29, 1.82) is 0 Å². The molecule has 1 aromatic rings. The van der Waals surface area contributed by atoms with Crippen molar-refractivity contribution in [2.75, 3.05) is 25.4 Å². The van der Waals surface area contributed by atoms with E-state index in [9.17, 15) is 18.3 Å². The molecule has 20 heavy (non-hydrogen) atoms. The van der Waals surface area contributed by atoms with Crippen LogP contribution in [-0.4, -0.2) is 35.8 Å². The number of benzene rings is 1. The molecule has 1 aromatic carbocycles. The fourth-order valence-corrected chi connectivity index (χ4v) is 2.51. The normalized spacial score (nSPS) is 20.0. The Kier molecular flexibility index (Phi) is 4.55. The lowest BCUT2D eigenvalue weighted by Gasteiger charge is -2.33. The summed E-state index contributed by atoms with van der Waals surface area (Å²) in [7, 11) is 0. The summed E-state index contributed by atoms with van der Waals surface area (Å²) >= 11 is 0. The monoisotopic (exact) mass is 288 g/mol. The molecule has 1 aliphatic heterocycles. The molecule has 0 amide bonds. The lowest BCUT2D eigenvalue weighted by Crippen LogP contribution is -2.40. The van der Waals surface area contributed by atoms with Gasteiger partial charge in [-0.15, -0.1) is 0 Å². The average molecular weight is 288 g/mol. The van der Waals surface area contributed by atoms with Crippen LogP contribution in [0.15, 0.2) is 24.3 Å². The summed E-state index contributed by atoms with van der Waals surface area (Å²) in [5.74, 6) is -1.20. The lowest BCUT2D eigenvalue weighted by atomic mass is 9.96. The van der Waals surface area contributed by atoms with Crippen molar-refractivity contribution in [3.8, 4) is 0 Å². The van der Waals surface area contributed by atoms with Gasteiger partial charge in [0.15, 0.2) is 0 Å². The van der Waals surface area contributed by atoms with Crippen molar-refractivity contribution >= 4 is 5.69 Å². The third-order valence-electron chi connectivity index (χ3n) is 3.80. The Morgan fingerprint density at radius 1 is 1.20 bits per heavy atom. The number of nitrogens with two attached hydrogens (primary N) is 1. The molecule has 3 N–H and O–H groups in total. The van der Waals surface area contributed by atoms with Crippen molar-refractivity contribution in [3.63, 3.8) is 0 Å². The van der Waals surface area contributed by atoms with E-state index in [0.717, 1.165) is 5.56 Å². The van der Waals surface area contributed by atoms with E-state index in [2.05, 4.69) is 0 Å². The summed E-state index contributed by atoms with van der Waals surface area (Å²) in [5.41, 5.74) is 6.92. The molecular formula is C14H19F3N2O. The number of likely N-dealkylation sites (tertiary alicyclic amines) is 1. The van der Waals surface area contributed by atoms with Gasteiger partial charge in [0.2, 0.25) is 0 Å². The molecule has 6 heteroatoms. The Morgan fingerprint density at radius 2 is 1.75 bits per heavy atom. The molecule has 0 spiro atoms. The number of hydrogen-bond acceptors (Lipinski definition) is 3. The summed E-state index contributed by atoms with van der Waals surface area (Å²) in [5, 5.41) is 10.1. The van der Waals surface area contributed by atoms with Gasteiger partial charge in [0, 0.05) is 12.2 Å². The molecule has 0 aromatic heterocycles. The van der Waals surface area contributed by atoms with Gasteiger partial charge in [0.1, 0.15) is 0 Å². The maximum atomic E-state index is 12.6. The van der Waals surface area contributed by atoms with E-state index in [4.69, 9.17) is 5.73 Å². The van der Waals surface area contributed by atoms with Crippen molar-refractivity contribution < 1.29 is 18.3 Å². The highest BCUT2D eigenvalue weighted by molar-refractivity contribution is 5.39. The van der Waals surface area contributed by atoms with E-state index in [1.807, 2.05) is 4.90 Å². The number of aliphatic hydroxyl groups is 1. The van der Waals surface area contributed by atoms with Crippen LogP contribution in [0.2, 0.25) is 0 Å². The number of piperidine rings is 1. The Labute approximate surface area is 116 Å². The van der Waals surface area contributed by atoms with Crippen LogP contribution in [0.1, 0.15) is 24.5 Å². The third kappa shape index (κ3) is 3.86. The zero-order valence-corrected chi connectivity index (χ0v) is 11.1. The molecular weight excluding hydrogens is 269 g/mol. The number of β-amino-alcohol motifs (C(OH)–C–C–N with tert-alkyl or cyclic N) is 1. The van der Waals surface area contributed by atoms with Crippen LogP contribution in [-0.2, 0) is 0 Å². The predicted molar refractivity (Wildman–Crippen MR) is 71.0 cm³/mol. The minimum atomic E-state index is -4.10. The second-order valence-electron chi connectivity index (χ2n) is 5.30. The first-order chi connectivity index (χ1) is 9.36. The van der Waals surface area contributed by atoms with Crippen molar-refractivity contribution in [1.82, 2.24) is 4.90 Å². The van der Waals surface area contributed by atoms with E-state index in [-0.39, 0.29) is 12.8 Å². The third-order valence-corrected chi connectivity index (χ3v) is 3.80. The number of rotatable bonds is 3. The SMILES string of the molecule is Nc1ccc(C(O)CN2CCC(C(F)(F)F)CC2)cc1. The predicted octanol–water partition coefficient (Wildman–Crippen LogP) is 2.58. The first-order valence-corrected chi connectivity index (χ1v) is 6.69. The Balaban J connectivity index is 1.85. The fraction of sp³-hybridized carbons (Fsp3) is 0.571. The highest BCUT2D eigenvalue weighted by Crippen LogP contribution is 2.34. The maximum absolute atomic E-state index is 12.6. The zero-order chi connectivity index (χ0) is 14.8. The van der Waals surface area contributed by atoms with Gasteiger partial charge in [-0.3, -0.25) is 0 Å². The Morgan fingerprint density at radius 3 is 2.25 bits per heavy atom. The second kappa shape index (κ2) is 6.01. The summed E-state index contributed by atoms with van der Waals surface area (Å²) in [4.78, 5) is 1.88. The Hall–Kier alpha value is -1.27. The van der Waals surface area contributed by atoms with Crippen LogP contribution in [0.5, 0.6) is 0 Å².